The maximum absolute atomic E-state index is 13.2. The van der Waals surface area contributed by atoms with Crippen LogP contribution in [-0.2, 0) is 4.79 Å². The number of H-pyrrole nitrogens is 1. The van der Waals surface area contributed by atoms with Crippen molar-refractivity contribution in [3.63, 3.8) is 0 Å². The zero-order valence-electron chi connectivity index (χ0n) is 14.8. The first-order valence-corrected chi connectivity index (χ1v) is 9.38. The van der Waals surface area contributed by atoms with Gasteiger partial charge in [-0.2, -0.15) is 0 Å². The van der Waals surface area contributed by atoms with Crippen molar-refractivity contribution < 1.29 is 9.59 Å². The Hall–Kier alpha value is -2.63. The molecule has 0 saturated carbocycles. The minimum Gasteiger partial charge on any atom is -0.347 e. The zero-order chi connectivity index (χ0) is 17.9. The fraction of sp³-hybridized carbons (Fsp3) is 0.450. The van der Waals surface area contributed by atoms with Gasteiger partial charge in [-0.1, -0.05) is 18.2 Å². The Morgan fingerprint density at radius 3 is 2.65 bits per heavy atom. The number of piperidine rings is 1. The molecule has 136 valence electrons. The van der Waals surface area contributed by atoms with Crippen LogP contribution in [0.15, 0.2) is 42.7 Å². The highest BCUT2D eigenvalue weighted by atomic mass is 16.2. The monoisotopic (exact) mass is 352 g/mol. The summed E-state index contributed by atoms with van der Waals surface area (Å²) >= 11 is 0. The number of nitrogens with one attached hydrogen (secondary N) is 1. The molecule has 2 atom stereocenters. The topological polar surface area (TPSA) is 69.3 Å². The first-order chi connectivity index (χ1) is 12.7. The average Bonchev–Trinajstić information content (AvgIpc) is 3.39. The molecule has 2 aromatic rings. The van der Waals surface area contributed by atoms with Crippen molar-refractivity contribution in [2.24, 2.45) is 5.92 Å². The highest BCUT2D eigenvalue weighted by Gasteiger charge is 2.37. The van der Waals surface area contributed by atoms with Crippen LogP contribution >= 0.6 is 0 Å². The summed E-state index contributed by atoms with van der Waals surface area (Å²) in [5.74, 6) is 0.928. The van der Waals surface area contributed by atoms with Crippen molar-refractivity contribution in [3.8, 4) is 0 Å². The zero-order valence-corrected chi connectivity index (χ0v) is 14.8. The molecule has 2 unspecified atom stereocenters. The van der Waals surface area contributed by atoms with Gasteiger partial charge < -0.3 is 14.8 Å². The van der Waals surface area contributed by atoms with Crippen LogP contribution < -0.4 is 0 Å². The van der Waals surface area contributed by atoms with Gasteiger partial charge in [-0.05, 0) is 37.8 Å². The van der Waals surface area contributed by atoms with Gasteiger partial charge in [-0.3, -0.25) is 9.59 Å². The SMILES string of the molecule is O=C(c1ccccc1)N1CCCC(C(=O)N2CCCC2c2ncc[nH]2)C1. The van der Waals surface area contributed by atoms with Crippen molar-refractivity contribution in [2.75, 3.05) is 19.6 Å². The van der Waals surface area contributed by atoms with Crippen molar-refractivity contribution in [1.29, 1.82) is 0 Å². The number of imidazole rings is 1. The lowest BCUT2D eigenvalue weighted by molar-refractivity contribution is -0.138. The number of nitrogens with zero attached hydrogens (tertiary/aromatic N) is 3. The lowest BCUT2D eigenvalue weighted by atomic mass is 9.95. The van der Waals surface area contributed by atoms with E-state index in [-0.39, 0.29) is 23.8 Å². The van der Waals surface area contributed by atoms with E-state index in [9.17, 15) is 9.59 Å². The van der Waals surface area contributed by atoms with Crippen LogP contribution in [0.25, 0.3) is 0 Å². The first kappa shape index (κ1) is 16.8. The fourth-order valence-electron chi connectivity index (χ4n) is 4.14. The predicted molar refractivity (Wildman–Crippen MR) is 97.3 cm³/mol. The normalized spacial score (nSPS) is 23.2. The summed E-state index contributed by atoms with van der Waals surface area (Å²) in [6.07, 6.45) is 7.19. The molecule has 0 spiro atoms. The quantitative estimate of drug-likeness (QED) is 0.923. The Bertz CT molecular complexity index is 759. The number of aromatic amines is 1. The van der Waals surface area contributed by atoms with E-state index >= 15 is 0 Å². The molecule has 0 aliphatic carbocycles. The third-order valence-corrected chi connectivity index (χ3v) is 5.45. The lowest BCUT2D eigenvalue weighted by Crippen LogP contribution is -2.46. The van der Waals surface area contributed by atoms with Gasteiger partial charge in [-0.15, -0.1) is 0 Å². The minimum atomic E-state index is -0.119. The van der Waals surface area contributed by atoms with E-state index in [2.05, 4.69) is 9.97 Å². The van der Waals surface area contributed by atoms with Gasteiger partial charge >= 0.3 is 0 Å². The number of amides is 2. The molecule has 26 heavy (non-hydrogen) atoms. The van der Waals surface area contributed by atoms with Crippen LogP contribution in [0.3, 0.4) is 0 Å². The Morgan fingerprint density at radius 2 is 1.88 bits per heavy atom. The van der Waals surface area contributed by atoms with Gasteiger partial charge in [-0.25, -0.2) is 4.98 Å². The summed E-state index contributed by atoms with van der Waals surface area (Å²) in [5.41, 5.74) is 0.690. The molecule has 2 aliphatic heterocycles. The molecule has 6 heteroatoms. The second kappa shape index (κ2) is 7.32. The second-order valence-electron chi connectivity index (χ2n) is 7.12. The Labute approximate surface area is 153 Å². The number of benzene rings is 1. The molecule has 2 saturated heterocycles. The molecule has 1 N–H and O–H groups in total. The molecule has 6 nitrogen and oxygen atoms in total. The van der Waals surface area contributed by atoms with Gasteiger partial charge in [0.05, 0.1) is 12.0 Å². The molecule has 0 bridgehead atoms. The predicted octanol–water partition coefficient (Wildman–Crippen LogP) is 2.63. The van der Waals surface area contributed by atoms with Gasteiger partial charge in [0.15, 0.2) is 0 Å². The van der Waals surface area contributed by atoms with E-state index in [1.54, 1.807) is 12.4 Å². The van der Waals surface area contributed by atoms with Crippen LogP contribution in [0.2, 0.25) is 0 Å². The number of rotatable bonds is 3. The van der Waals surface area contributed by atoms with E-state index in [4.69, 9.17) is 0 Å². The largest absolute Gasteiger partial charge is 0.347 e. The molecule has 2 aliphatic rings. The van der Waals surface area contributed by atoms with Crippen LogP contribution in [-0.4, -0.2) is 51.2 Å². The average molecular weight is 352 g/mol. The minimum absolute atomic E-state index is 0.0205. The summed E-state index contributed by atoms with van der Waals surface area (Å²) < 4.78 is 0. The summed E-state index contributed by atoms with van der Waals surface area (Å²) in [5, 5.41) is 0. The van der Waals surface area contributed by atoms with Crippen molar-refractivity contribution in [2.45, 2.75) is 31.7 Å². The first-order valence-electron chi connectivity index (χ1n) is 9.38. The number of hydrogen-bond donors (Lipinski definition) is 1. The summed E-state index contributed by atoms with van der Waals surface area (Å²) in [7, 11) is 0. The van der Waals surface area contributed by atoms with Gasteiger partial charge in [0, 0.05) is 37.6 Å². The number of likely N-dealkylation sites (tertiary alicyclic amines) is 2. The Kier molecular flexibility index (Phi) is 4.73. The molecular formula is C20H24N4O2. The van der Waals surface area contributed by atoms with Crippen molar-refractivity contribution in [1.82, 2.24) is 19.8 Å². The second-order valence-corrected chi connectivity index (χ2v) is 7.12. The standard InChI is InChI=1S/C20H24N4O2/c25-19(15-6-2-1-3-7-15)23-12-4-8-16(14-23)20(26)24-13-5-9-17(24)18-21-10-11-22-18/h1-3,6-7,10-11,16-17H,4-5,8-9,12-14H2,(H,21,22). The van der Waals surface area contributed by atoms with E-state index < -0.39 is 0 Å². The maximum atomic E-state index is 13.2. The number of carbonyl (C=O) groups is 2. The molecule has 1 aromatic heterocycles. The van der Waals surface area contributed by atoms with Crippen molar-refractivity contribution in [3.05, 3.63) is 54.1 Å². The van der Waals surface area contributed by atoms with E-state index in [0.717, 1.165) is 44.6 Å². The van der Waals surface area contributed by atoms with Gasteiger partial charge in [0.1, 0.15) is 5.82 Å². The highest BCUT2D eigenvalue weighted by Crippen LogP contribution is 2.32. The van der Waals surface area contributed by atoms with Crippen LogP contribution in [0.1, 0.15) is 47.9 Å². The van der Waals surface area contributed by atoms with Gasteiger partial charge in [0.25, 0.3) is 5.91 Å². The maximum Gasteiger partial charge on any atom is 0.253 e. The Morgan fingerprint density at radius 1 is 1.08 bits per heavy atom. The molecule has 0 radical (unpaired) electrons. The lowest BCUT2D eigenvalue weighted by Gasteiger charge is -2.35. The van der Waals surface area contributed by atoms with Gasteiger partial charge in [0.2, 0.25) is 5.91 Å². The molecule has 2 amide bonds. The molecular weight excluding hydrogens is 328 g/mol. The Balaban J connectivity index is 1.45. The summed E-state index contributed by atoms with van der Waals surface area (Å²) in [6.45, 7) is 2.00. The summed E-state index contributed by atoms with van der Waals surface area (Å²) in [4.78, 5) is 37.2. The fourth-order valence-corrected chi connectivity index (χ4v) is 4.14. The smallest absolute Gasteiger partial charge is 0.253 e. The van der Waals surface area contributed by atoms with Crippen LogP contribution in [0, 0.1) is 5.92 Å². The molecule has 4 rings (SSSR count). The van der Waals surface area contributed by atoms with E-state index in [0.29, 0.717) is 12.1 Å². The van der Waals surface area contributed by atoms with Crippen LogP contribution in [0.5, 0.6) is 0 Å². The number of aromatic nitrogens is 2. The van der Waals surface area contributed by atoms with Crippen LogP contribution in [0.4, 0.5) is 0 Å². The van der Waals surface area contributed by atoms with E-state index in [1.165, 1.54) is 0 Å². The molecule has 3 heterocycles. The number of carbonyl (C=O) groups excluding carboxylic acids is 2. The number of hydrogen-bond acceptors (Lipinski definition) is 3. The third kappa shape index (κ3) is 3.23. The van der Waals surface area contributed by atoms with Crippen molar-refractivity contribution >= 4 is 11.8 Å². The highest BCUT2D eigenvalue weighted by molar-refractivity contribution is 5.94. The van der Waals surface area contributed by atoms with E-state index in [1.807, 2.05) is 40.1 Å². The third-order valence-electron chi connectivity index (χ3n) is 5.45. The molecule has 2 fully saturated rings. The summed E-state index contributed by atoms with van der Waals surface area (Å²) in [6, 6.07) is 9.36. The molecule has 1 aromatic carbocycles.